The van der Waals surface area contributed by atoms with Gasteiger partial charge in [0.25, 0.3) is 0 Å². The van der Waals surface area contributed by atoms with E-state index in [1.54, 1.807) is 0 Å². The molecular formula is C13H25ClN2O3. The largest absolute Gasteiger partial charge is 0.376 e. The van der Waals surface area contributed by atoms with Crippen LogP contribution in [0.2, 0.25) is 0 Å². The molecule has 2 rings (SSSR count). The Morgan fingerprint density at radius 3 is 2.63 bits per heavy atom. The summed E-state index contributed by atoms with van der Waals surface area (Å²) in [6, 6.07) is 0. The van der Waals surface area contributed by atoms with E-state index in [1.807, 2.05) is 0 Å². The van der Waals surface area contributed by atoms with Gasteiger partial charge in [-0.1, -0.05) is 12.8 Å². The zero-order valence-electron chi connectivity index (χ0n) is 11.3. The number of rotatable bonds is 6. The van der Waals surface area contributed by atoms with E-state index >= 15 is 0 Å². The molecule has 0 aromatic heterocycles. The van der Waals surface area contributed by atoms with Gasteiger partial charge < -0.3 is 20.5 Å². The summed E-state index contributed by atoms with van der Waals surface area (Å²) in [5.74, 6) is -0.0269. The smallest absolute Gasteiger partial charge is 0.249 e. The molecule has 5 nitrogen and oxygen atoms in total. The summed E-state index contributed by atoms with van der Waals surface area (Å²) in [4.78, 5) is 11.8. The van der Waals surface area contributed by atoms with Crippen molar-refractivity contribution in [2.75, 3.05) is 19.7 Å². The minimum atomic E-state index is -0.315. The van der Waals surface area contributed by atoms with Crippen molar-refractivity contribution in [2.45, 2.75) is 56.8 Å². The second-order valence-corrected chi connectivity index (χ2v) is 5.13. The Morgan fingerprint density at radius 2 is 2.00 bits per heavy atom. The summed E-state index contributed by atoms with van der Waals surface area (Å²) < 4.78 is 11.2. The third-order valence-electron chi connectivity index (χ3n) is 3.72. The first kappa shape index (κ1) is 16.7. The van der Waals surface area contributed by atoms with E-state index in [2.05, 4.69) is 5.32 Å². The first-order valence-corrected chi connectivity index (χ1v) is 7.04. The molecule has 1 saturated carbocycles. The SMILES string of the molecule is Cl.NC[C@H]1CC[C@@H](C(=O)NCCOC2CCCC2)O1. The minimum absolute atomic E-state index is 0. The number of carbonyl (C=O) groups is 1. The third kappa shape index (κ3) is 5.26. The van der Waals surface area contributed by atoms with Crippen LogP contribution in [0.4, 0.5) is 0 Å². The number of nitrogens with two attached hydrogens (primary N) is 1. The van der Waals surface area contributed by atoms with Crippen LogP contribution in [0.3, 0.4) is 0 Å². The predicted molar refractivity (Wildman–Crippen MR) is 75.4 cm³/mol. The molecule has 0 spiro atoms. The molecule has 2 aliphatic rings. The molecule has 6 heteroatoms. The van der Waals surface area contributed by atoms with Gasteiger partial charge in [0, 0.05) is 13.1 Å². The lowest BCUT2D eigenvalue weighted by Gasteiger charge is -2.14. The molecule has 0 unspecified atom stereocenters. The molecule has 1 heterocycles. The van der Waals surface area contributed by atoms with Crippen molar-refractivity contribution in [3.05, 3.63) is 0 Å². The highest BCUT2D eigenvalue weighted by atomic mass is 35.5. The molecule has 0 aromatic carbocycles. The number of amides is 1. The highest BCUT2D eigenvalue weighted by Gasteiger charge is 2.29. The fraction of sp³-hybridized carbons (Fsp3) is 0.923. The zero-order valence-corrected chi connectivity index (χ0v) is 12.1. The Balaban J connectivity index is 0.00000180. The first-order valence-electron chi connectivity index (χ1n) is 7.04. The van der Waals surface area contributed by atoms with E-state index in [1.165, 1.54) is 12.8 Å². The van der Waals surface area contributed by atoms with E-state index < -0.39 is 0 Å². The Kier molecular flexibility index (Phi) is 7.68. The maximum atomic E-state index is 11.8. The van der Waals surface area contributed by atoms with Gasteiger partial charge in [-0.2, -0.15) is 0 Å². The predicted octanol–water partition coefficient (Wildman–Crippen LogP) is 0.990. The molecule has 1 saturated heterocycles. The average Bonchev–Trinajstić information content (AvgIpc) is 3.05. The second kappa shape index (κ2) is 8.74. The van der Waals surface area contributed by atoms with Crippen LogP contribution < -0.4 is 11.1 Å². The van der Waals surface area contributed by atoms with Crippen LogP contribution in [0.1, 0.15) is 38.5 Å². The van der Waals surface area contributed by atoms with Crippen LogP contribution in [0, 0.1) is 0 Å². The van der Waals surface area contributed by atoms with Gasteiger partial charge in [-0.15, -0.1) is 12.4 Å². The highest BCUT2D eigenvalue weighted by Crippen LogP contribution is 2.20. The van der Waals surface area contributed by atoms with E-state index in [-0.39, 0.29) is 30.5 Å². The number of hydrogen-bond acceptors (Lipinski definition) is 4. The third-order valence-corrected chi connectivity index (χ3v) is 3.72. The van der Waals surface area contributed by atoms with Crippen molar-refractivity contribution < 1.29 is 14.3 Å². The van der Waals surface area contributed by atoms with Crippen LogP contribution >= 0.6 is 12.4 Å². The summed E-state index contributed by atoms with van der Waals surface area (Å²) in [5.41, 5.74) is 5.51. The van der Waals surface area contributed by atoms with E-state index in [9.17, 15) is 4.79 Å². The van der Waals surface area contributed by atoms with Gasteiger partial charge in [-0.3, -0.25) is 4.79 Å². The van der Waals surface area contributed by atoms with Crippen molar-refractivity contribution in [2.24, 2.45) is 5.73 Å². The van der Waals surface area contributed by atoms with Crippen molar-refractivity contribution in [3.8, 4) is 0 Å². The van der Waals surface area contributed by atoms with Crippen LogP contribution in [-0.4, -0.2) is 43.9 Å². The topological polar surface area (TPSA) is 73.6 Å². The van der Waals surface area contributed by atoms with Crippen molar-refractivity contribution in [1.29, 1.82) is 0 Å². The number of halogens is 1. The molecule has 2 atom stereocenters. The fourth-order valence-electron chi connectivity index (χ4n) is 2.64. The highest BCUT2D eigenvalue weighted by molar-refractivity contribution is 5.85. The standard InChI is InChI=1S/C13H24N2O3.ClH/c14-9-11-5-6-12(18-11)13(16)15-7-8-17-10-3-1-2-4-10;/h10-12H,1-9,14H2,(H,15,16);1H/t11-,12+;/m1./s1. The average molecular weight is 293 g/mol. The fourth-order valence-corrected chi connectivity index (χ4v) is 2.64. The molecular weight excluding hydrogens is 268 g/mol. The minimum Gasteiger partial charge on any atom is -0.376 e. The number of nitrogens with one attached hydrogen (secondary N) is 1. The Hall–Kier alpha value is -0.360. The molecule has 112 valence electrons. The number of ether oxygens (including phenoxy) is 2. The van der Waals surface area contributed by atoms with Crippen molar-refractivity contribution >= 4 is 18.3 Å². The van der Waals surface area contributed by atoms with Gasteiger partial charge in [0.1, 0.15) is 6.10 Å². The molecule has 1 amide bonds. The van der Waals surface area contributed by atoms with Gasteiger partial charge in [-0.25, -0.2) is 0 Å². The molecule has 0 bridgehead atoms. The van der Waals surface area contributed by atoms with Crippen molar-refractivity contribution in [3.63, 3.8) is 0 Å². The van der Waals surface area contributed by atoms with Gasteiger partial charge >= 0.3 is 0 Å². The molecule has 1 aliphatic carbocycles. The van der Waals surface area contributed by atoms with E-state index in [0.717, 1.165) is 25.7 Å². The monoisotopic (exact) mass is 292 g/mol. The summed E-state index contributed by atoms with van der Waals surface area (Å²) in [5, 5.41) is 2.86. The zero-order chi connectivity index (χ0) is 12.8. The van der Waals surface area contributed by atoms with Gasteiger partial charge in [0.05, 0.1) is 18.8 Å². The van der Waals surface area contributed by atoms with Crippen LogP contribution in [0.15, 0.2) is 0 Å². The van der Waals surface area contributed by atoms with E-state index in [4.69, 9.17) is 15.2 Å². The summed E-state index contributed by atoms with van der Waals surface area (Å²) in [7, 11) is 0. The number of carbonyl (C=O) groups excluding carboxylic acids is 1. The molecule has 3 N–H and O–H groups in total. The second-order valence-electron chi connectivity index (χ2n) is 5.13. The van der Waals surface area contributed by atoms with Gasteiger partial charge in [-0.05, 0) is 25.7 Å². The summed E-state index contributed by atoms with van der Waals surface area (Å²) in [6.45, 7) is 1.67. The molecule has 19 heavy (non-hydrogen) atoms. The Morgan fingerprint density at radius 1 is 1.26 bits per heavy atom. The van der Waals surface area contributed by atoms with Crippen LogP contribution in [-0.2, 0) is 14.3 Å². The maximum absolute atomic E-state index is 11.8. The van der Waals surface area contributed by atoms with Gasteiger partial charge in [0.2, 0.25) is 5.91 Å². The maximum Gasteiger partial charge on any atom is 0.249 e. The summed E-state index contributed by atoms with van der Waals surface area (Å²) >= 11 is 0. The van der Waals surface area contributed by atoms with Crippen LogP contribution in [0.25, 0.3) is 0 Å². The molecule has 1 aliphatic heterocycles. The quantitative estimate of drug-likeness (QED) is 0.716. The number of hydrogen-bond donors (Lipinski definition) is 2. The molecule has 0 radical (unpaired) electrons. The van der Waals surface area contributed by atoms with Gasteiger partial charge in [0.15, 0.2) is 0 Å². The lowest BCUT2D eigenvalue weighted by molar-refractivity contribution is -0.132. The van der Waals surface area contributed by atoms with Crippen LogP contribution in [0.5, 0.6) is 0 Å². The molecule has 0 aromatic rings. The first-order chi connectivity index (χ1) is 8.79. The Labute approximate surface area is 121 Å². The normalized spacial score (nSPS) is 27.2. The van der Waals surface area contributed by atoms with E-state index in [0.29, 0.717) is 25.8 Å². The lowest BCUT2D eigenvalue weighted by atomic mass is 10.2. The lowest BCUT2D eigenvalue weighted by Crippen LogP contribution is -2.37. The van der Waals surface area contributed by atoms with Crippen molar-refractivity contribution in [1.82, 2.24) is 5.32 Å². The molecule has 2 fully saturated rings. The summed E-state index contributed by atoms with van der Waals surface area (Å²) in [6.07, 6.45) is 6.67. The Bertz CT molecular complexity index is 273.